The Morgan fingerprint density at radius 2 is 1.76 bits per heavy atom. The normalized spacial score (nSPS) is 13.3. The fourth-order valence-corrected chi connectivity index (χ4v) is 2.67. The van der Waals surface area contributed by atoms with Crippen LogP contribution in [0.4, 0.5) is 26.3 Å². The Balaban J connectivity index is 3.79. The summed E-state index contributed by atoms with van der Waals surface area (Å²) in [5.74, 6) is -1.77. The highest BCUT2D eigenvalue weighted by Gasteiger charge is 2.45. The lowest BCUT2D eigenvalue weighted by molar-refractivity contribution is -0.276. The van der Waals surface area contributed by atoms with E-state index in [1.54, 1.807) is 0 Å². The van der Waals surface area contributed by atoms with Gasteiger partial charge in [0.1, 0.15) is 10.5 Å². The molecule has 0 atom stereocenters. The van der Waals surface area contributed by atoms with Crippen molar-refractivity contribution in [1.82, 2.24) is 4.98 Å². The quantitative estimate of drug-likeness (QED) is 0.422. The Bertz CT molecular complexity index is 645. The average Bonchev–Trinajstić information content (AvgIpc) is 2.23. The number of nitrogens with zero attached hydrogens (tertiary/aromatic N) is 1. The van der Waals surface area contributed by atoms with Crippen LogP contribution in [-0.2, 0) is 20.6 Å². The molecule has 0 saturated carbocycles. The van der Waals surface area contributed by atoms with Gasteiger partial charge in [0.05, 0.1) is 5.69 Å². The number of alkyl halides is 7. The summed E-state index contributed by atoms with van der Waals surface area (Å²) in [5.41, 5.74) is -2.96. The molecule has 0 spiro atoms. The third-order valence-electron chi connectivity index (χ3n) is 1.96. The Kier molecular flexibility index (Phi) is 5.05. The number of halogens is 8. The molecule has 1 aromatic rings. The largest absolute Gasteiger partial charge is 0.573 e. The van der Waals surface area contributed by atoms with E-state index in [1.165, 1.54) is 0 Å². The van der Waals surface area contributed by atoms with Crippen molar-refractivity contribution in [2.45, 2.75) is 22.8 Å². The van der Waals surface area contributed by atoms with Gasteiger partial charge in [-0.1, -0.05) is 15.9 Å². The van der Waals surface area contributed by atoms with Gasteiger partial charge in [0.2, 0.25) is 0 Å². The lowest BCUT2D eigenvalue weighted by atomic mass is 10.2. The van der Waals surface area contributed by atoms with Crippen molar-refractivity contribution in [3.63, 3.8) is 0 Å². The molecule has 0 bridgehead atoms. The average molecular weight is 423 g/mol. The van der Waals surface area contributed by atoms with Gasteiger partial charge in [0.15, 0.2) is 5.75 Å². The smallest absolute Gasteiger partial charge is 0.403 e. The van der Waals surface area contributed by atoms with E-state index in [0.29, 0.717) is 0 Å². The van der Waals surface area contributed by atoms with Crippen molar-refractivity contribution in [1.29, 1.82) is 0 Å². The molecule has 0 radical (unpaired) electrons. The number of hydrogen-bond donors (Lipinski definition) is 0. The maximum atomic E-state index is 12.9. The summed E-state index contributed by atoms with van der Waals surface area (Å²) in [7, 11) is -0.200. The first-order valence-electron chi connectivity index (χ1n) is 4.63. The fraction of sp³-hybridized carbons (Fsp3) is 0.375. The standard InChI is InChI=1S/C8H3BrClF6NO3S/c9-1-3-6(20-8(14,15)16)5(7(11,12)13)4(2-17-3)21(10,18)19/h2H,1H2. The van der Waals surface area contributed by atoms with Gasteiger partial charge in [0.25, 0.3) is 9.05 Å². The van der Waals surface area contributed by atoms with Gasteiger partial charge in [0, 0.05) is 22.2 Å². The second-order valence-corrected chi connectivity index (χ2v) is 6.49. The van der Waals surface area contributed by atoms with E-state index in [9.17, 15) is 34.8 Å². The molecule has 0 aliphatic heterocycles. The van der Waals surface area contributed by atoms with Crippen molar-refractivity contribution in [2.24, 2.45) is 0 Å². The summed E-state index contributed by atoms with van der Waals surface area (Å²) < 4.78 is 101. The fourth-order valence-electron chi connectivity index (χ4n) is 1.29. The Hall–Kier alpha value is -0.750. The summed E-state index contributed by atoms with van der Waals surface area (Å²) in [6.07, 6.45) is -10.7. The number of aromatic nitrogens is 1. The summed E-state index contributed by atoms with van der Waals surface area (Å²) in [4.78, 5) is 1.56. The predicted molar refractivity (Wildman–Crippen MR) is 61.6 cm³/mol. The van der Waals surface area contributed by atoms with Crippen molar-refractivity contribution in [2.75, 3.05) is 0 Å². The van der Waals surface area contributed by atoms with Crippen LogP contribution in [0, 0.1) is 0 Å². The van der Waals surface area contributed by atoms with Crippen LogP contribution in [0.15, 0.2) is 11.1 Å². The Labute approximate surface area is 126 Å². The number of hydrogen-bond acceptors (Lipinski definition) is 4. The van der Waals surface area contributed by atoms with Crippen LogP contribution in [-0.4, -0.2) is 19.8 Å². The molecular weight excluding hydrogens is 420 g/mol. The predicted octanol–water partition coefficient (Wildman–Crippen LogP) is 3.82. The van der Waals surface area contributed by atoms with Crippen LogP contribution < -0.4 is 4.74 Å². The van der Waals surface area contributed by atoms with E-state index < -0.39 is 48.8 Å². The van der Waals surface area contributed by atoms with Crippen LogP contribution in [0.25, 0.3) is 0 Å². The van der Waals surface area contributed by atoms with Crippen molar-refractivity contribution < 1.29 is 39.5 Å². The summed E-state index contributed by atoms with van der Waals surface area (Å²) >= 11 is 2.63. The second kappa shape index (κ2) is 5.80. The maximum Gasteiger partial charge on any atom is 0.573 e. The lowest BCUT2D eigenvalue weighted by Crippen LogP contribution is -2.23. The zero-order valence-electron chi connectivity index (χ0n) is 9.39. The second-order valence-electron chi connectivity index (χ2n) is 3.39. The third kappa shape index (κ3) is 4.61. The first-order chi connectivity index (χ1) is 9.27. The maximum absolute atomic E-state index is 12.9. The molecule has 0 unspecified atom stereocenters. The van der Waals surface area contributed by atoms with Gasteiger partial charge in [-0.3, -0.25) is 4.98 Å². The topological polar surface area (TPSA) is 56.3 Å². The monoisotopic (exact) mass is 421 g/mol. The van der Waals surface area contributed by atoms with Crippen molar-refractivity contribution in [3.05, 3.63) is 17.5 Å². The number of pyridine rings is 1. The van der Waals surface area contributed by atoms with E-state index in [-0.39, 0.29) is 6.20 Å². The number of rotatable bonds is 3. The van der Waals surface area contributed by atoms with Gasteiger partial charge in [-0.25, -0.2) is 8.42 Å². The van der Waals surface area contributed by atoms with Gasteiger partial charge >= 0.3 is 12.5 Å². The highest BCUT2D eigenvalue weighted by Crippen LogP contribution is 2.44. The van der Waals surface area contributed by atoms with Crippen molar-refractivity contribution >= 4 is 35.7 Å². The van der Waals surface area contributed by atoms with Crippen LogP contribution >= 0.6 is 26.6 Å². The first-order valence-corrected chi connectivity index (χ1v) is 8.06. The van der Waals surface area contributed by atoms with E-state index in [2.05, 4.69) is 25.7 Å². The van der Waals surface area contributed by atoms with Crippen molar-refractivity contribution in [3.8, 4) is 5.75 Å². The van der Waals surface area contributed by atoms with Crippen LogP contribution in [0.2, 0.25) is 0 Å². The molecule has 1 aromatic heterocycles. The summed E-state index contributed by atoms with van der Waals surface area (Å²) in [6, 6.07) is 0. The minimum atomic E-state index is -5.48. The molecule has 0 aliphatic rings. The Morgan fingerprint density at radius 3 is 2.10 bits per heavy atom. The molecule has 120 valence electrons. The van der Waals surface area contributed by atoms with E-state index in [1.807, 2.05) is 0 Å². The lowest BCUT2D eigenvalue weighted by Gasteiger charge is -2.19. The van der Waals surface area contributed by atoms with Gasteiger partial charge in [-0.05, 0) is 0 Å². The highest BCUT2D eigenvalue weighted by molar-refractivity contribution is 9.08. The minimum Gasteiger partial charge on any atom is -0.403 e. The molecule has 0 aliphatic carbocycles. The third-order valence-corrected chi connectivity index (χ3v) is 3.83. The molecule has 0 saturated heterocycles. The summed E-state index contributed by atoms with van der Waals surface area (Å²) in [5, 5.41) is -0.538. The summed E-state index contributed by atoms with van der Waals surface area (Å²) in [6.45, 7) is 0. The van der Waals surface area contributed by atoms with Gasteiger partial charge in [-0.2, -0.15) is 13.2 Å². The molecule has 1 rings (SSSR count). The zero-order valence-corrected chi connectivity index (χ0v) is 12.5. The molecule has 1 heterocycles. The van der Waals surface area contributed by atoms with Crippen LogP contribution in [0.5, 0.6) is 5.75 Å². The SMILES string of the molecule is O=S(=O)(Cl)c1cnc(CBr)c(OC(F)(F)F)c1C(F)(F)F. The van der Waals surface area contributed by atoms with E-state index in [4.69, 9.17) is 10.7 Å². The van der Waals surface area contributed by atoms with Gasteiger partial charge in [-0.15, -0.1) is 13.2 Å². The zero-order chi connectivity index (χ0) is 16.6. The first kappa shape index (κ1) is 18.3. The molecule has 21 heavy (non-hydrogen) atoms. The number of ether oxygens (including phenoxy) is 1. The molecule has 0 aromatic carbocycles. The van der Waals surface area contributed by atoms with E-state index in [0.717, 1.165) is 0 Å². The highest BCUT2D eigenvalue weighted by atomic mass is 79.9. The van der Waals surface area contributed by atoms with Crippen LogP contribution in [0.3, 0.4) is 0 Å². The molecule has 0 amide bonds. The molecule has 0 fully saturated rings. The Morgan fingerprint density at radius 1 is 1.24 bits per heavy atom. The molecule has 13 heteroatoms. The van der Waals surface area contributed by atoms with E-state index >= 15 is 0 Å². The molecule has 0 N–H and O–H groups in total. The molecular formula is C8H3BrClF6NO3S. The minimum absolute atomic E-state index is 0.213. The molecule has 4 nitrogen and oxygen atoms in total. The van der Waals surface area contributed by atoms with Gasteiger partial charge < -0.3 is 4.74 Å². The van der Waals surface area contributed by atoms with Crippen LogP contribution in [0.1, 0.15) is 11.3 Å².